The Hall–Kier alpha value is -1.73. The van der Waals surface area contributed by atoms with Crippen molar-refractivity contribution in [2.24, 2.45) is 0 Å². The third-order valence-corrected chi connectivity index (χ3v) is 3.33. The third kappa shape index (κ3) is 3.23. The van der Waals surface area contributed by atoms with E-state index in [0.29, 0.717) is 17.9 Å². The highest BCUT2D eigenvalue weighted by atomic mass is 79.9. The average molecular weight is 355 g/mol. The normalized spacial score (nSPS) is 14.7. The smallest absolute Gasteiger partial charge is 0.263 e. The molecule has 1 saturated heterocycles. The lowest BCUT2D eigenvalue weighted by atomic mass is 10.1. The lowest BCUT2D eigenvalue weighted by Gasteiger charge is -2.16. The molecule has 1 aliphatic rings. The first-order valence-corrected chi connectivity index (χ1v) is 7.02. The van der Waals surface area contributed by atoms with E-state index < -0.39 is 11.8 Å². The Labute approximate surface area is 129 Å². The van der Waals surface area contributed by atoms with Crippen LogP contribution < -0.4 is 15.4 Å². The molecule has 1 aliphatic heterocycles. The van der Waals surface area contributed by atoms with E-state index in [4.69, 9.17) is 17.0 Å². The Morgan fingerprint density at radius 3 is 2.50 bits per heavy atom. The van der Waals surface area contributed by atoms with Gasteiger partial charge in [0.15, 0.2) is 5.11 Å². The molecule has 5 nitrogen and oxygen atoms in total. The highest BCUT2D eigenvalue weighted by Gasteiger charge is 2.25. The van der Waals surface area contributed by atoms with Crippen LogP contribution in [0.1, 0.15) is 12.5 Å². The summed E-state index contributed by atoms with van der Waals surface area (Å²) in [5.74, 6) is -0.319. The van der Waals surface area contributed by atoms with Crippen LogP contribution in [-0.2, 0) is 9.59 Å². The molecule has 0 bridgehead atoms. The Morgan fingerprint density at radius 1 is 1.30 bits per heavy atom. The van der Waals surface area contributed by atoms with E-state index in [1.807, 2.05) is 6.92 Å². The minimum absolute atomic E-state index is 0.00894. The quantitative estimate of drug-likeness (QED) is 0.493. The zero-order chi connectivity index (χ0) is 14.7. The van der Waals surface area contributed by atoms with Gasteiger partial charge in [-0.2, -0.15) is 0 Å². The topological polar surface area (TPSA) is 67.4 Å². The van der Waals surface area contributed by atoms with Gasteiger partial charge in [0.1, 0.15) is 11.3 Å². The van der Waals surface area contributed by atoms with Gasteiger partial charge < -0.3 is 4.74 Å². The van der Waals surface area contributed by atoms with Crippen molar-refractivity contribution < 1.29 is 14.3 Å². The molecular formula is C13H11BrN2O3S. The molecule has 0 aliphatic carbocycles. The van der Waals surface area contributed by atoms with Crippen LogP contribution in [0.15, 0.2) is 28.2 Å². The first-order chi connectivity index (χ1) is 9.51. The number of ether oxygens (including phenoxy) is 1. The second-order valence-electron chi connectivity index (χ2n) is 3.92. The molecule has 0 aromatic heterocycles. The van der Waals surface area contributed by atoms with Crippen molar-refractivity contribution in [2.45, 2.75) is 6.92 Å². The molecule has 20 heavy (non-hydrogen) atoms. The van der Waals surface area contributed by atoms with Crippen molar-refractivity contribution in [2.75, 3.05) is 6.61 Å². The SMILES string of the molecule is CCOc1ccc(C=C2C(=O)NC(=S)NC2=O)cc1Br. The summed E-state index contributed by atoms with van der Waals surface area (Å²) in [4.78, 5) is 23.4. The van der Waals surface area contributed by atoms with Gasteiger partial charge in [0.2, 0.25) is 0 Å². The van der Waals surface area contributed by atoms with Crippen molar-refractivity contribution in [1.82, 2.24) is 10.6 Å². The number of amides is 2. The van der Waals surface area contributed by atoms with Crippen molar-refractivity contribution >= 4 is 51.2 Å². The maximum atomic E-state index is 11.7. The summed E-state index contributed by atoms with van der Waals surface area (Å²) in [5, 5.41) is 4.78. The Bertz CT molecular complexity index is 606. The lowest BCUT2D eigenvalue weighted by Crippen LogP contribution is -2.51. The highest BCUT2D eigenvalue weighted by molar-refractivity contribution is 9.10. The van der Waals surface area contributed by atoms with Gasteiger partial charge in [-0.3, -0.25) is 20.2 Å². The van der Waals surface area contributed by atoms with Gasteiger partial charge in [0.25, 0.3) is 11.8 Å². The largest absolute Gasteiger partial charge is 0.493 e. The molecular weight excluding hydrogens is 344 g/mol. The summed E-state index contributed by atoms with van der Waals surface area (Å²) >= 11 is 8.11. The fourth-order valence-electron chi connectivity index (χ4n) is 1.65. The highest BCUT2D eigenvalue weighted by Crippen LogP contribution is 2.27. The summed E-state index contributed by atoms with van der Waals surface area (Å²) in [6, 6.07) is 5.30. The van der Waals surface area contributed by atoms with Crippen molar-refractivity contribution in [3.8, 4) is 5.75 Å². The fraction of sp³-hybridized carbons (Fsp3) is 0.154. The van der Waals surface area contributed by atoms with Crippen LogP contribution in [0.4, 0.5) is 0 Å². The standard InChI is InChI=1S/C13H11BrN2O3S/c1-2-19-10-4-3-7(6-9(10)14)5-8-11(17)15-13(20)16-12(8)18/h3-6H,2H2,1H3,(H2,15,16,17,18,20). The van der Waals surface area contributed by atoms with Crippen LogP contribution in [0.25, 0.3) is 6.08 Å². The lowest BCUT2D eigenvalue weighted by molar-refractivity contribution is -0.123. The summed E-state index contributed by atoms with van der Waals surface area (Å²) in [6.45, 7) is 2.45. The van der Waals surface area contributed by atoms with Gasteiger partial charge in [-0.05, 0) is 58.8 Å². The number of nitrogens with one attached hydrogen (secondary N) is 2. The number of halogens is 1. The Kier molecular flexibility index (Phi) is 4.51. The molecule has 0 unspecified atom stereocenters. The van der Waals surface area contributed by atoms with Gasteiger partial charge in [0, 0.05) is 0 Å². The van der Waals surface area contributed by atoms with Crippen molar-refractivity contribution in [3.63, 3.8) is 0 Å². The van der Waals surface area contributed by atoms with Gasteiger partial charge in [-0.15, -0.1) is 0 Å². The van der Waals surface area contributed by atoms with E-state index in [-0.39, 0.29) is 10.7 Å². The van der Waals surface area contributed by atoms with Crippen molar-refractivity contribution in [3.05, 3.63) is 33.8 Å². The van der Waals surface area contributed by atoms with E-state index in [9.17, 15) is 9.59 Å². The molecule has 1 heterocycles. The number of benzene rings is 1. The molecule has 104 valence electrons. The second kappa shape index (κ2) is 6.15. The number of rotatable bonds is 3. The van der Waals surface area contributed by atoms with E-state index >= 15 is 0 Å². The second-order valence-corrected chi connectivity index (χ2v) is 5.18. The molecule has 7 heteroatoms. The first kappa shape index (κ1) is 14.7. The van der Waals surface area contributed by atoms with Gasteiger partial charge in [-0.1, -0.05) is 6.07 Å². The third-order valence-electron chi connectivity index (χ3n) is 2.51. The maximum absolute atomic E-state index is 11.7. The maximum Gasteiger partial charge on any atom is 0.263 e. The molecule has 0 radical (unpaired) electrons. The molecule has 0 spiro atoms. The Balaban J connectivity index is 2.30. The summed E-state index contributed by atoms with van der Waals surface area (Å²) in [5.41, 5.74) is 0.711. The molecule has 1 aromatic rings. The van der Waals surface area contributed by atoms with Gasteiger partial charge in [-0.25, -0.2) is 0 Å². The predicted octanol–water partition coefficient (Wildman–Crippen LogP) is 1.76. The summed E-state index contributed by atoms with van der Waals surface area (Å²) in [6.07, 6.45) is 1.49. The predicted molar refractivity (Wildman–Crippen MR) is 82.2 cm³/mol. The van der Waals surface area contributed by atoms with Crippen LogP contribution in [0, 0.1) is 0 Å². The molecule has 1 fully saturated rings. The summed E-state index contributed by atoms with van der Waals surface area (Å²) < 4.78 is 6.15. The number of carbonyl (C=O) groups is 2. The van der Waals surface area contributed by atoms with Crippen molar-refractivity contribution in [1.29, 1.82) is 0 Å². The van der Waals surface area contributed by atoms with Gasteiger partial charge in [0.05, 0.1) is 11.1 Å². The fourth-order valence-corrected chi connectivity index (χ4v) is 2.35. The average Bonchev–Trinajstić information content (AvgIpc) is 2.37. The Morgan fingerprint density at radius 2 is 1.95 bits per heavy atom. The molecule has 0 atom stereocenters. The van der Waals surface area contributed by atoms with E-state index in [2.05, 4.69) is 26.6 Å². The van der Waals surface area contributed by atoms with E-state index in [1.54, 1.807) is 18.2 Å². The van der Waals surface area contributed by atoms with Gasteiger partial charge >= 0.3 is 0 Å². The molecule has 2 N–H and O–H groups in total. The van der Waals surface area contributed by atoms with Crippen LogP contribution >= 0.6 is 28.1 Å². The molecule has 2 amide bonds. The zero-order valence-corrected chi connectivity index (χ0v) is 12.9. The number of hydrogen-bond donors (Lipinski definition) is 2. The molecule has 0 saturated carbocycles. The van der Waals surface area contributed by atoms with Crippen LogP contribution in [-0.4, -0.2) is 23.5 Å². The first-order valence-electron chi connectivity index (χ1n) is 5.82. The molecule has 2 rings (SSSR count). The number of carbonyl (C=O) groups excluding carboxylic acids is 2. The minimum Gasteiger partial charge on any atom is -0.493 e. The van der Waals surface area contributed by atoms with Crippen LogP contribution in [0.5, 0.6) is 5.75 Å². The zero-order valence-electron chi connectivity index (χ0n) is 10.5. The van der Waals surface area contributed by atoms with Crippen LogP contribution in [0.3, 0.4) is 0 Å². The van der Waals surface area contributed by atoms with E-state index in [0.717, 1.165) is 4.47 Å². The number of thiocarbonyl (C=S) groups is 1. The monoisotopic (exact) mass is 354 g/mol. The molecule has 1 aromatic carbocycles. The summed E-state index contributed by atoms with van der Waals surface area (Å²) in [7, 11) is 0. The number of hydrogen-bond acceptors (Lipinski definition) is 4. The van der Waals surface area contributed by atoms with E-state index in [1.165, 1.54) is 6.08 Å². The van der Waals surface area contributed by atoms with Crippen LogP contribution in [0.2, 0.25) is 0 Å². The minimum atomic E-state index is -0.510.